The fraction of sp³-hybridized carbons (Fsp3) is 0.583. The van der Waals surface area contributed by atoms with Crippen LogP contribution in [0.5, 0.6) is 0 Å². The molecule has 3 unspecified atom stereocenters. The molecule has 4 amide bonds. The molecule has 1 aliphatic heterocycles. The number of hydrogen-bond acceptors (Lipinski definition) is 7. The lowest BCUT2D eigenvalue weighted by Crippen LogP contribution is -2.56. The molecule has 49 heavy (non-hydrogen) atoms. The summed E-state index contributed by atoms with van der Waals surface area (Å²) in [6, 6.07) is 7.27. The number of carbonyl (C=O) groups excluding carboxylic acids is 4. The van der Waals surface area contributed by atoms with E-state index in [9.17, 15) is 24.3 Å². The Bertz CT molecular complexity index is 1410. The van der Waals surface area contributed by atoms with Gasteiger partial charge in [-0.3, -0.25) is 24.2 Å². The maximum atomic E-state index is 15.3. The van der Waals surface area contributed by atoms with E-state index < -0.39 is 42.0 Å². The molecule has 4 N–H and O–H groups in total. The van der Waals surface area contributed by atoms with Crippen molar-refractivity contribution in [2.24, 2.45) is 5.92 Å². The van der Waals surface area contributed by atoms with Gasteiger partial charge in [-0.05, 0) is 62.1 Å². The van der Waals surface area contributed by atoms with Gasteiger partial charge < -0.3 is 30.9 Å². The molecule has 1 aromatic carbocycles. The third kappa shape index (κ3) is 9.81. The maximum Gasteiger partial charge on any atom is 0.351 e. The number of halogens is 2. The molecule has 2 aromatic rings. The van der Waals surface area contributed by atoms with Crippen molar-refractivity contribution in [3.8, 4) is 0 Å². The first kappa shape index (κ1) is 37.8. The van der Waals surface area contributed by atoms with Crippen LogP contribution in [0.15, 0.2) is 42.6 Å². The molecule has 1 aromatic heterocycles. The monoisotopic (exact) mass is 684 g/mol. The minimum Gasteiger partial charge on any atom is -0.390 e. The van der Waals surface area contributed by atoms with Crippen LogP contribution < -0.4 is 16.0 Å². The maximum absolute atomic E-state index is 15.3. The van der Waals surface area contributed by atoms with Gasteiger partial charge in [0.25, 0.3) is 5.91 Å². The summed E-state index contributed by atoms with van der Waals surface area (Å²) in [5.74, 6) is -7.14. The number of hydrogen-bond donors (Lipinski definition) is 4. The minimum atomic E-state index is -3.95. The molecule has 1 saturated carbocycles. The third-order valence-electron chi connectivity index (χ3n) is 9.74. The fourth-order valence-electron chi connectivity index (χ4n) is 6.64. The predicted molar refractivity (Wildman–Crippen MR) is 182 cm³/mol. The number of likely N-dealkylation sites (N-methyl/N-ethyl adjacent to an activating group) is 1. The van der Waals surface area contributed by atoms with Crippen molar-refractivity contribution in [2.45, 2.75) is 95.7 Å². The second-order valence-electron chi connectivity index (χ2n) is 13.1. The molecular weight excluding hydrogens is 634 g/mol. The first-order valence-corrected chi connectivity index (χ1v) is 17.4. The van der Waals surface area contributed by atoms with Crippen LogP contribution in [0.2, 0.25) is 0 Å². The van der Waals surface area contributed by atoms with E-state index in [2.05, 4.69) is 25.8 Å². The lowest BCUT2D eigenvalue weighted by molar-refractivity contribution is -0.149. The molecule has 1 aliphatic carbocycles. The van der Waals surface area contributed by atoms with Crippen LogP contribution in [-0.2, 0) is 31.7 Å². The number of carbonyl (C=O) groups is 4. The second kappa shape index (κ2) is 17.6. The zero-order chi connectivity index (χ0) is 35.6. The van der Waals surface area contributed by atoms with Crippen molar-refractivity contribution in [2.75, 3.05) is 38.5 Å². The summed E-state index contributed by atoms with van der Waals surface area (Å²) < 4.78 is 30.6. The van der Waals surface area contributed by atoms with E-state index in [4.69, 9.17) is 0 Å². The van der Waals surface area contributed by atoms with Gasteiger partial charge in [0.1, 0.15) is 12.1 Å². The molecule has 2 heterocycles. The van der Waals surface area contributed by atoms with Gasteiger partial charge in [0.2, 0.25) is 17.7 Å². The first-order valence-electron chi connectivity index (χ1n) is 17.4. The van der Waals surface area contributed by atoms with Crippen LogP contribution in [0.3, 0.4) is 0 Å². The van der Waals surface area contributed by atoms with E-state index in [-0.39, 0.29) is 35.8 Å². The summed E-state index contributed by atoms with van der Waals surface area (Å²) in [4.78, 5) is 60.7. The Labute approximate surface area is 287 Å². The highest BCUT2D eigenvalue weighted by Crippen LogP contribution is 2.32. The molecule has 4 rings (SSSR count). The number of benzene rings is 1. The average Bonchev–Trinajstić information content (AvgIpc) is 3.40. The zero-order valence-electron chi connectivity index (χ0n) is 28.7. The molecular formula is C36H50F2N6O5. The number of aromatic nitrogens is 1. The van der Waals surface area contributed by atoms with Gasteiger partial charge in [0, 0.05) is 56.0 Å². The molecule has 3 atom stereocenters. The van der Waals surface area contributed by atoms with Crippen molar-refractivity contribution in [1.29, 1.82) is 0 Å². The van der Waals surface area contributed by atoms with E-state index >= 15 is 8.78 Å². The molecule has 0 spiro atoms. The predicted octanol–water partition coefficient (Wildman–Crippen LogP) is 3.92. The summed E-state index contributed by atoms with van der Waals surface area (Å²) >= 11 is 0. The van der Waals surface area contributed by atoms with Crippen LogP contribution in [0, 0.1) is 5.92 Å². The van der Waals surface area contributed by atoms with Crippen LogP contribution >= 0.6 is 0 Å². The lowest BCUT2D eigenvalue weighted by Gasteiger charge is -2.37. The van der Waals surface area contributed by atoms with Gasteiger partial charge in [-0.25, -0.2) is 0 Å². The molecule has 268 valence electrons. The highest BCUT2D eigenvalue weighted by atomic mass is 19.3. The molecule has 0 bridgehead atoms. The van der Waals surface area contributed by atoms with Gasteiger partial charge in [-0.15, -0.1) is 0 Å². The van der Waals surface area contributed by atoms with Crippen LogP contribution in [-0.4, -0.2) is 88.8 Å². The van der Waals surface area contributed by atoms with E-state index in [0.29, 0.717) is 38.0 Å². The number of aliphatic hydroxyl groups is 1. The highest BCUT2D eigenvalue weighted by molar-refractivity contribution is 5.98. The SMILES string of the molecule is CCC(=O)NC(C(=O)N1CCN(C)CC1)C(CC)c1ccc(NC(=O)C(NC(=O)C(F)(F)c2ccc(CO)nc2)C2CCCCCC2)cc1. The van der Waals surface area contributed by atoms with Crippen LogP contribution in [0.25, 0.3) is 0 Å². The van der Waals surface area contributed by atoms with E-state index in [1.54, 1.807) is 36.1 Å². The fourth-order valence-corrected chi connectivity index (χ4v) is 6.64. The number of anilines is 1. The average molecular weight is 685 g/mol. The molecule has 1 saturated heterocycles. The van der Waals surface area contributed by atoms with Crippen LogP contribution in [0.4, 0.5) is 14.5 Å². The number of nitrogens with one attached hydrogen (secondary N) is 3. The summed E-state index contributed by atoms with van der Waals surface area (Å²) in [7, 11) is 2.01. The Kier molecular flexibility index (Phi) is 13.6. The Balaban J connectivity index is 1.52. The summed E-state index contributed by atoms with van der Waals surface area (Å²) in [5.41, 5.74) is 0.766. The Hall–Kier alpha value is -3.97. The van der Waals surface area contributed by atoms with Crippen molar-refractivity contribution in [3.63, 3.8) is 0 Å². The van der Waals surface area contributed by atoms with E-state index in [1.165, 1.54) is 6.07 Å². The second-order valence-corrected chi connectivity index (χ2v) is 13.1. The lowest BCUT2D eigenvalue weighted by atomic mass is 9.87. The zero-order valence-corrected chi connectivity index (χ0v) is 28.7. The standard InChI is InChI=1S/C36H50F2N6O5/c1-4-29(32(41-30(46)5-2)34(48)44-20-18-43(3)19-21-44)24-12-15-27(16-13-24)40-33(47)31(25-10-8-6-7-9-11-25)42-35(49)36(37,38)26-14-17-28(23-45)39-22-26/h12-17,22,25,29,31-32,45H,4-11,18-21,23H2,1-3H3,(H,40,47)(H,41,46)(H,42,49). The highest BCUT2D eigenvalue weighted by Gasteiger charge is 2.44. The largest absolute Gasteiger partial charge is 0.390 e. The van der Waals surface area contributed by atoms with Gasteiger partial charge in [-0.1, -0.05) is 51.7 Å². The Morgan fingerprint density at radius 2 is 1.59 bits per heavy atom. The topological polar surface area (TPSA) is 144 Å². The third-order valence-corrected chi connectivity index (χ3v) is 9.74. The van der Waals surface area contributed by atoms with Crippen molar-refractivity contribution in [1.82, 2.24) is 25.4 Å². The van der Waals surface area contributed by atoms with Crippen LogP contribution in [0.1, 0.15) is 88.0 Å². The quantitative estimate of drug-likeness (QED) is 0.234. The summed E-state index contributed by atoms with van der Waals surface area (Å²) in [6.45, 7) is 5.92. The van der Waals surface area contributed by atoms with Gasteiger partial charge in [0.15, 0.2) is 0 Å². The van der Waals surface area contributed by atoms with E-state index in [1.807, 2.05) is 14.0 Å². The van der Waals surface area contributed by atoms with Gasteiger partial charge in [0.05, 0.1) is 12.3 Å². The summed E-state index contributed by atoms with van der Waals surface area (Å²) in [5, 5.41) is 17.3. The number of rotatable bonds is 13. The smallest absolute Gasteiger partial charge is 0.351 e. The van der Waals surface area contributed by atoms with Crippen molar-refractivity contribution >= 4 is 29.3 Å². The molecule has 11 nitrogen and oxygen atoms in total. The summed E-state index contributed by atoms with van der Waals surface area (Å²) in [6.07, 6.45) is 6.47. The normalized spacial score (nSPS) is 18.1. The molecule has 0 radical (unpaired) electrons. The molecule has 13 heteroatoms. The van der Waals surface area contributed by atoms with Gasteiger partial charge >= 0.3 is 5.92 Å². The number of piperazine rings is 1. The van der Waals surface area contributed by atoms with Gasteiger partial charge in [-0.2, -0.15) is 8.78 Å². The Morgan fingerprint density at radius 3 is 2.14 bits per heavy atom. The molecule has 2 fully saturated rings. The molecule has 2 aliphatic rings. The number of amides is 4. The van der Waals surface area contributed by atoms with Crippen molar-refractivity contribution < 1.29 is 33.1 Å². The number of nitrogens with zero attached hydrogens (tertiary/aromatic N) is 3. The van der Waals surface area contributed by atoms with Crippen molar-refractivity contribution in [3.05, 3.63) is 59.4 Å². The Morgan fingerprint density at radius 1 is 0.939 bits per heavy atom. The first-order chi connectivity index (χ1) is 23.5. The number of pyridine rings is 1. The number of alkyl halides is 2. The number of aliphatic hydroxyl groups excluding tert-OH is 1. The minimum absolute atomic E-state index is 0.127. The van der Waals surface area contributed by atoms with E-state index in [0.717, 1.165) is 56.6 Å².